The van der Waals surface area contributed by atoms with Crippen LogP contribution in [0.5, 0.6) is 0 Å². The van der Waals surface area contributed by atoms with Crippen molar-refractivity contribution in [3.8, 4) is 67.5 Å². The van der Waals surface area contributed by atoms with Crippen LogP contribution in [-0.4, -0.2) is 15.0 Å². The van der Waals surface area contributed by atoms with E-state index in [4.69, 9.17) is 15.0 Å². The molecule has 11 aromatic rings. The first kappa shape index (κ1) is 36.1. The first-order valence-corrected chi connectivity index (χ1v) is 21.8. The molecule has 0 atom stereocenters. The SMILES string of the molecule is c1ccc(-c2ccc(-c3nc(-c4cccc(-c5ccccc5)c4)nc(-c4ccc5c(c4)sc4cc(C6(c7ccccc7)c7ccccc7-c7ccccc76)ccc45)n3)cc2)cc1. The third kappa shape index (κ3) is 5.91. The van der Waals surface area contributed by atoms with Gasteiger partial charge in [-0.2, -0.15) is 0 Å². The molecule has 0 amide bonds. The molecule has 4 heteroatoms. The number of thiophene rings is 1. The van der Waals surface area contributed by atoms with Crippen LogP contribution in [0, 0.1) is 0 Å². The van der Waals surface area contributed by atoms with Crippen molar-refractivity contribution in [1.82, 2.24) is 15.0 Å². The summed E-state index contributed by atoms with van der Waals surface area (Å²) in [6.07, 6.45) is 0. The van der Waals surface area contributed by atoms with Crippen molar-refractivity contribution in [3.63, 3.8) is 0 Å². The highest BCUT2D eigenvalue weighted by Crippen LogP contribution is 2.56. The van der Waals surface area contributed by atoms with Gasteiger partial charge in [0.05, 0.1) is 5.41 Å². The predicted octanol–water partition coefficient (Wildman–Crippen LogP) is 14.9. The van der Waals surface area contributed by atoms with Crippen molar-refractivity contribution in [2.75, 3.05) is 0 Å². The molecule has 2 aromatic heterocycles. The summed E-state index contributed by atoms with van der Waals surface area (Å²) in [6.45, 7) is 0. The minimum atomic E-state index is -0.446. The summed E-state index contributed by atoms with van der Waals surface area (Å²) >= 11 is 1.83. The van der Waals surface area contributed by atoms with Gasteiger partial charge >= 0.3 is 0 Å². The number of nitrogens with zero attached hydrogens (tertiary/aromatic N) is 3. The molecule has 12 rings (SSSR count). The summed E-state index contributed by atoms with van der Waals surface area (Å²) in [4.78, 5) is 15.5. The fraction of sp³-hybridized carbons (Fsp3) is 0.0172. The van der Waals surface area contributed by atoms with E-state index in [-0.39, 0.29) is 0 Å². The van der Waals surface area contributed by atoms with Crippen LogP contribution in [0.4, 0.5) is 0 Å². The second kappa shape index (κ2) is 14.7. The average Bonchev–Trinajstić information content (AvgIpc) is 3.88. The molecule has 1 aliphatic carbocycles. The van der Waals surface area contributed by atoms with Crippen LogP contribution in [0.25, 0.3) is 87.7 Å². The maximum atomic E-state index is 5.19. The maximum Gasteiger partial charge on any atom is 0.164 e. The summed E-state index contributed by atoms with van der Waals surface area (Å²) in [7, 11) is 0. The molecule has 0 aliphatic heterocycles. The number of benzene rings is 9. The molecule has 3 nitrogen and oxygen atoms in total. The minimum Gasteiger partial charge on any atom is -0.208 e. The van der Waals surface area contributed by atoms with E-state index >= 15 is 0 Å². The molecule has 0 N–H and O–H groups in total. The van der Waals surface area contributed by atoms with E-state index in [1.165, 1.54) is 59.1 Å². The number of aromatic nitrogens is 3. The van der Waals surface area contributed by atoms with E-state index in [0.717, 1.165) is 33.4 Å². The third-order valence-corrected chi connectivity index (χ3v) is 13.6. The van der Waals surface area contributed by atoms with Gasteiger partial charge in [-0.15, -0.1) is 11.3 Å². The van der Waals surface area contributed by atoms with Gasteiger partial charge in [0.2, 0.25) is 0 Å². The number of rotatable bonds is 7. The normalized spacial score (nSPS) is 12.6. The molecule has 0 spiro atoms. The van der Waals surface area contributed by atoms with Gasteiger partial charge in [0.15, 0.2) is 17.5 Å². The van der Waals surface area contributed by atoms with Crippen molar-refractivity contribution in [2.45, 2.75) is 5.41 Å². The fourth-order valence-electron chi connectivity index (χ4n) is 9.54. The Morgan fingerprint density at radius 3 is 1.37 bits per heavy atom. The molecule has 62 heavy (non-hydrogen) atoms. The van der Waals surface area contributed by atoms with Crippen LogP contribution >= 0.6 is 11.3 Å². The van der Waals surface area contributed by atoms with Crippen molar-refractivity contribution < 1.29 is 0 Å². The molecule has 9 aromatic carbocycles. The van der Waals surface area contributed by atoms with Crippen LogP contribution < -0.4 is 0 Å². The summed E-state index contributed by atoms with van der Waals surface area (Å²) in [5, 5.41) is 2.47. The Hall–Kier alpha value is -7.79. The van der Waals surface area contributed by atoms with E-state index in [0.29, 0.717) is 17.5 Å². The van der Waals surface area contributed by atoms with E-state index in [1.54, 1.807) is 0 Å². The molecule has 2 heterocycles. The predicted molar refractivity (Wildman–Crippen MR) is 257 cm³/mol. The van der Waals surface area contributed by atoms with Gasteiger partial charge in [0, 0.05) is 36.9 Å². The van der Waals surface area contributed by atoms with Crippen LogP contribution in [0.15, 0.2) is 224 Å². The Morgan fingerprint density at radius 1 is 0.290 bits per heavy atom. The van der Waals surface area contributed by atoms with E-state index in [9.17, 15) is 0 Å². The van der Waals surface area contributed by atoms with Crippen LogP contribution in [0.2, 0.25) is 0 Å². The van der Waals surface area contributed by atoms with Gasteiger partial charge < -0.3 is 0 Å². The Labute approximate surface area is 364 Å². The second-order valence-electron chi connectivity index (χ2n) is 15.9. The van der Waals surface area contributed by atoms with Crippen LogP contribution in [-0.2, 0) is 5.41 Å². The molecule has 0 unspecified atom stereocenters. The largest absolute Gasteiger partial charge is 0.208 e. The molecule has 0 radical (unpaired) electrons. The van der Waals surface area contributed by atoms with Gasteiger partial charge in [-0.25, -0.2) is 15.0 Å². The average molecular weight is 808 g/mol. The van der Waals surface area contributed by atoms with Gasteiger partial charge in [-0.05, 0) is 73.8 Å². The Balaban J connectivity index is 0.997. The molecular formula is C58H37N3S. The summed E-state index contributed by atoms with van der Waals surface area (Å²) in [5.74, 6) is 1.92. The highest BCUT2D eigenvalue weighted by atomic mass is 32.1. The standard InChI is InChI=1S/C58H37N3S/c1-4-15-38(16-5-1)40-27-29-41(30-28-40)55-59-56(43-20-14-19-42(35-43)39-17-6-2-7-18-39)61-57(60-55)44-31-33-49-50-34-32-46(37-54(50)62-53(49)36-44)58(45-21-8-3-9-22-45)51-25-12-10-23-47(51)48-24-11-13-26-52(48)58/h1-37H. The Bertz CT molecular complexity index is 3400. The van der Waals surface area contributed by atoms with Gasteiger partial charge in [0.25, 0.3) is 0 Å². The zero-order valence-corrected chi connectivity index (χ0v) is 34.4. The number of fused-ring (bicyclic) bond motifs is 6. The lowest BCUT2D eigenvalue weighted by molar-refractivity contribution is 0.770. The van der Waals surface area contributed by atoms with Gasteiger partial charge in [-0.3, -0.25) is 0 Å². The van der Waals surface area contributed by atoms with E-state index in [2.05, 4.69) is 212 Å². The fourth-order valence-corrected chi connectivity index (χ4v) is 10.7. The molecule has 0 saturated carbocycles. The van der Waals surface area contributed by atoms with Crippen molar-refractivity contribution in [2.24, 2.45) is 0 Å². The van der Waals surface area contributed by atoms with Gasteiger partial charge in [0.1, 0.15) is 0 Å². The maximum absolute atomic E-state index is 5.19. The molecule has 1 aliphatic rings. The van der Waals surface area contributed by atoms with E-state index in [1.807, 2.05) is 23.5 Å². The van der Waals surface area contributed by atoms with Crippen molar-refractivity contribution >= 4 is 31.5 Å². The zero-order chi connectivity index (χ0) is 41.0. The smallest absolute Gasteiger partial charge is 0.164 e. The highest BCUT2D eigenvalue weighted by Gasteiger charge is 2.46. The Kier molecular flexibility index (Phi) is 8.58. The number of hydrogen-bond donors (Lipinski definition) is 0. The topological polar surface area (TPSA) is 38.7 Å². The first-order chi connectivity index (χ1) is 30.7. The molecule has 0 bridgehead atoms. The minimum absolute atomic E-state index is 0.446. The molecule has 0 saturated heterocycles. The monoisotopic (exact) mass is 807 g/mol. The van der Waals surface area contributed by atoms with Crippen molar-refractivity contribution in [1.29, 1.82) is 0 Å². The number of hydrogen-bond acceptors (Lipinski definition) is 4. The van der Waals surface area contributed by atoms with Crippen LogP contribution in [0.1, 0.15) is 22.3 Å². The molecule has 0 fully saturated rings. The molecular weight excluding hydrogens is 771 g/mol. The first-order valence-electron chi connectivity index (χ1n) is 21.0. The lowest BCUT2D eigenvalue weighted by Crippen LogP contribution is -2.28. The summed E-state index contributed by atoms with van der Waals surface area (Å²) < 4.78 is 2.44. The lowest BCUT2D eigenvalue weighted by Gasteiger charge is -2.33. The van der Waals surface area contributed by atoms with Crippen molar-refractivity contribution in [3.05, 3.63) is 247 Å². The third-order valence-electron chi connectivity index (χ3n) is 12.4. The summed E-state index contributed by atoms with van der Waals surface area (Å²) in [6, 6.07) is 80.5. The molecule has 290 valence electrons. The quantitative estimate of drug-likeness (QED) is 0.161. The summed E-state index contributed by atoms with van der Waals surface area (Å²) in [5.41, 5.74) is 14.7. The zero-order valence-electron chi connectivity index (χ0n) is 33.6. The van der Waals surface area contributed by atoms with E-state index < -0.39 is 5.41 Å². The van der Waals surface area contributed by atoms with Crippen LogP contribution in [0.3, 0.4) is 0 Å². The highest BCUT2D eigenvalue weighted by molar-refractivity contribution is 7.25. The second-order valence-corrected chi connectivity index (χ2v) is 17.0. The lowest BCUT2D eigenvalue weighted by atomic mass is 9.67. The van der Waals surface area contributed by atoms with Gasteiger partial charge in [-0.1, -0.05) is 206 Å². The Morgan fingerprint density at radius 2 is 0.726 bits per heavy atom.